The summed E-state index contributed by atoms with van der Waals surface area (Å²) >= 11 is 0. The molecule has 0 saturated carbocycles. The number of hydrogen-bond acceptors (Lipinski definition) is 3. The normalized spacial score (nSPS) is 8.86. The fraction of sp³-hybridized carbons (Fsp3) is 0.750. The molecule has 0 aromatic carbocycles. The monoisotopic (exact) mass is 104 g/mol. The summed E-state index contributed by atoms with van der Waals surface area (Å²) in [7, 11) is 1.36. The van der Waals surface area contributed by atoms with Crippen molar-refractivity contribution >= 4 is 5.78 Å². The van der Waals surface area contributed by atoms with Gasteiger partial charge in [0.25, 0.3) is 0 Å². The van der Waals surface area contributed by atoms with Crippen LogP contribution in [-0.2, 0) is 14.6 Å². The van der Waals surface area contributed by atoms with E-state index in [9.17, 15) is 4.79 Å². The Kier molecular flexibility index (Phi) is 3.55. The van der Waals surface area contributed by atoms with E-state index >= 15 is 0 Å². The summed E-state index contributed by atoms with van der Waals surface area (Å²) in [6.07, 6.45) is 0. The second-order valence-corrected chi connectivity index (χ2v) is 1.13. The molecule has 42 valence electrons. The van der Waals surface area contributed by atoms with E-state index in [4.69, 9.17) is 0 Å². The molecule has 0 fully saturated rings. The zero-order valence-corrected chi connectivity index (χ0v) is 4.43. The molecule has 0 rings (SSSR count). The lowest BCUT2D eigenvalue weighted by Crippen LogP contribution is -2.01. The molecule has 0 aliphatic carbocycles. The van der Waals surface area contributed by atoms with Crippen molar-refractivity contribution in [2.24, 2.45) is 0 Å². The SMILES string of the molecule is COOCC(C)=O. The highest BCUT2D eigenvalue weighted by molar-refractivity contribution is 5.76. The van der Waals surface area contributed by atoms with Crippen LogP contribution in [-0.4, -0.2) is 19.5 Å². The Morgan fingerprint density at radius 2 is 2.29 bits per heavy atom. The van der Waals surface area contributed by atoms with Gasteiger partial charge in [0, 0.05) is 0 Å². The molecule has 0 unspecified atom stereocenters. The van der Waals surface area contributed by atoms with Crippen molar-refractivity contribution in [3.05, 3.63) is 0 Å². The molecule has 3 heteroatoms. The molecule has 0 aromatic rings. The molecular formula is C4H8O3. The van der Waals surface area contributed by atoms with Crippen LogP contribution in [0.25, 0.3) is 0 Å². The van der Waals surface area contributed by atoms with E-state index in [1.54, 1.807) is 0 Å². The van der Waals surface area contributed by atoms with Crippen molar-refractivity contribution in [2.75, 3.05) is 13.7 Å². The second-order valence-electron chi connectivity index (χ2n) is 1.13. The molecule has 0 radical (unpaired) electrons. The van der Waals surface area contributed by atoms with Gasteiger partial charge in [0.05, 0.1) is 7.11 Å². The number of Topliss-reactive ketones (excluding diaryl/α,β-unsaturated/α-hetero) is 1. The highest BCUT2D eigenvalue weighted by Crippen LogP contribution is 1.72. The van der Waals surface area contributed by atoms with Gasteiger partial charge in [-0.25, -0.2) is 9.78 Å². The van der Waals surface area contributed by atoms with E-state index in [0.29, 0.717) is 0 Å². The van der Waals surface area contributed by atoms with Crippen molar-refractivity contribution < 1.29 is 14.6 Å². The lowest BCUT2D eigenvalue weighted by molar-refractivity contribution is -0.266. The maximum atomic E-state index is 10.00. The Balaban J connectivity index is 2.82. The molecule has 0 spiro atoms. The quantitative estimate of drug-likeness (QED) is 0.377. The van der Waals surface area contributed by atoms with Crippen LogP contribution in [0, 0.1) is 0 Å². The molecule has 3 nitrogen and oxygen atoms in total. The van der Waals surface area contributed by atoms with E-state index in [1.807, 2.05) is 0 Å². The molecule has 0 aliphatic rings. The van der Waals surface area contributed by atoms with Gasteiger partial charge in [-0.3, -0.25) is 4.79 Å². The minimum atomic E-state index is -0.0400. The van der Waals surface area contributed by atoms with Gasteiger partial charge in [0.15, 0.2) is 5.78 Å². The highest BCUT2D eigenvalue weighted by Gasteiger charge is 1.88. The van der Waals surface area contributed by atoms with Crippen LogP contribution in [0.4, 0.5) is 0 Å². The molecular weight excluding hydrogens is 96.0 g/mol. The van der Waals surface area contributed by atoms with E-state index < -0.39 is 0 Å². The lowest BCUT2D eigenvalue weighted by Gasteiger charge is -1.90. The van der Waals surface area contributed by atoms with E-state index in [0.717, 1.165) is 0 Å². The summed E-state index contributed by atoms with van der Waals surface area (Å²) in [5.74, 6) is -0.0400. The van der Waals surface area contributed by atoms with Gasteiger partial charge >= 0.3 is 0 Å². The fourth-order valence-corrected chi connectivity index (χ4v) is 0.142. The van der Waals surface area contributed by atoms with Crippen molar-refractivity contribution in [1.29, 1.82) is 0 Å². The Hall–Kier alpha value is -0.410. The first-order chi connectivity index (χ1) is 3.27. The maximum Gasteiger partial charge on any atom is 0.158 e. The van der Waals surface area contributed by atoms with Crippen molar-refractivity contribution in [2.45, 2.75) is 6.92 Å². The number of rotatable bonds is 3. The number of ketones is 1. The summed E-state index contributed by atoms with van der Waals surface area (Å²) in [5.41, 5.74) is 0. The van der Waals surface area contributed by atoms with Crippen LogP contribution >= 0.6 is 0 Å². The van der Waals surface area contributed by atoms with Crippen LogP contribution in [0.5, 0.6) is 0 Å². The van der Waals surface area contributed by atoms with Crippen molar-refractivity contribution in [1.82, 2.24) is 0 Å². The first-order valence-electron chi connectivity index (χ1n) is 1.92. The van der Waals surface area contributed by atoms with Gasteiger partial charge in [0.1, 0.15) is 6.61 Å². The van der Waals surface area contributed by atoms with Crippen molar-refractivity contribution in [3.8, 4) is 0 Å². The van der Waals surface area contributed by atoms with Gasteiger partial charge < -0.3 is 0 Å². The molecule has 0 N–H and O–H groups in total. The largest absolute Gasteiger partial charge is 0.297 e. The van der Waals surface area contributed by atoms with E-state index in [2.05, 4.69) is 9.78 Å². The summed E-state index contributed by atoms with van der Waals surface area (Å²) in [6, 6.07) is 0. The van der Waals surface area contributed by atoms with Gasteiger partial charge in [0.2, 0.25) is 0 Å². The second kappa shape index (κ2) is 3.77. The summed E-state index contributed by atoms with van der Waals surface area (Å²) in [4.78, 5) is 18.4. The molecule has 7 heavy (non-hydrogen) atoms. The van der Waals surface area contributed by atoms with E-state index in [-0.39, 0.29) is 12.4 Å². The number of carbonyl (C=O) groups is 1. The van der Waals surface area contributed by atoms with Crippen LogP contribution in [0.3, 0.4) is 0 Å². The van der Waals surface area contributed by atoms with E-state index in [1.165, 1.54) is 14.0 Å². The molecule has 0 aliphatic heterocycles. The molecule has 0 aromatic heterocycles. The van der Waals surface area contributed by atoms with Gasteiger partial charge in [-0.15, -0.1) is 0 Å². The Bertz CT molecular complexity index is 60.0. The summed E-state index contributed by atoms with van der Waals surface area (Å²) in [6.45, 7) is 1.47. The third-order valence-corrected chi connectivity index (χ3v) is 0.380. The predicted octanol–water partition coefficient (Wildman–Crippen LogP) is 0.153. The van der Waals surface area contributed by atoms with Crippen LogP contribution in [0.15, 0.2) is 0 Å². The third-order valence-electron chi connectivity index (χ3n) is 0.380. The third kappa shape index (κ3) is 5.59. The Morgan fingerprint density at radius 1 is 1.71 bits per heavy atom. The lowest BCUT2D eigenvalue weighted by atomic mass is 10.5. The predicted molar refractivity (Wildman–Crippen MR) is 23.6 cm³/mol. The minimum Gasteiger partial charge on any atom is -0.297 e. The Labute approximate surface area is 42.2 Å². The number of hydrogen-bond donors (Lipinski definition) is 0. The van der Waals surface area contributed by atoms with Crippen LogP contribution < -0.4 is 0 Å². The van der Waals surface area contributed by atoms with Crippen LogP contribution in [0.2, 0.25) is 0 Å². The van der Waals surface area contributed by atoms with Crippen LogP contribution in [0.1, 0.15) is 6.92 Å². The van der Waals surface area contributed by atoms with Gasteiger partial charge in [-0.2, -0.15) is 0 Å². The highest BCUT2D eigenvalue weighted by atomic mass is 17.2. The molecule has 0 saturated heterocycles. The molecule has 0 atom stereocenters. The molecule has 0 heterocycles. The summed E-state index contributed by atoms with van der Waals surface area (Å²) in [5, 5.41) is 0. The maximum absolute atomic E-state index is 10.00. The zero-order chi connectivity index (χ0) is 5.70. The van der Waals surface area contributed by atoms with Crippen molar-refractivity contribution in [3.63, 3.8) is 0 Å². The van der Waals surface area contributed by atoms with Gasteiger partial charge in [-0.1, -0.05) is 0 Å². The van der Waals surface area contributed by atoms with Gasteiger partial charge in [-0.05, 0) is 6.92 Å². The smallest absolute Gasteiger partial charge is 0.158 e. The average Bonchev–Trinajstić information content (AvgIpc) is 1.61. The summed E-state index contributed by atoms with van der Waals surface area (Å²) < 4.78 is 0. The first kappa shape index (κ1) is 6.59. The number of carbonyl (C=O) groups excluding carboxylic acids is 1. The topological polar surface area (TPSA) is 35.5 Å². The molecule has 0 bridgehead atoms. The molecule has 0 amide bonds. The zero-order valence-electron chi connectivity index (χ0n) is 4.43. The average molecular weight is 104 g/mol. The fourth-order valence-electron chi connectivity index (χ4n) is 0.142. The first-order valence-corrected chi connectivity index (χ1v) is 1.92. The Morgan fingerprint density at radius 3 is 2.43 bits per heavy atom. The standard InChI is InChI=1S/C4H8O3/c1-4(5)3-7-6-2/h3H2,1-2H3. The minimum absolute atomic E-state index is 0.0382.